The van der Waals surface area contributed by atoms with Gasteiger partial charge in [-0.1, -0.05) is 12.1 Å². The van der Waals surface area contributed by atoms with Crippen LogP contribution in [0.5, 0.6) is 0 Å². The van der Waals surface area contributed by atoms with Crippen molar-refractivity contribution in [3.05, 3.63) is 40.6 Å². The van der Waals surface area contributed by atoms with Crippen molar-refractivity contribution in [3.8, 4) is 0 Å². The summed E-state index contributed by atoms with van der Waals surface area (Å²) in [6.45, 7) is 1.86. The van der Waals surface area contributed by atoms with Gasteiger partial charge in [-0.3, -0.25) is 0 Å². The van der Waals surface area contributed by atoms with Crippen molar-refractivity contribution in [3.63, 3.8) is 0 Å². The lowest BCUT2D eigenvalue weighted by molar-refractivity contribution is 0.501. The molecule has 3 nitrogen and oxygen atoms in total. The van der Waals surface area contributed by atoms with Crippen molar-refractivity contribution in [2.24, 2.45) is 0 Å². The Kier molecular flexibility index (Phi) is 1.43. The smallest absolute Gasteiger partial charge is 0.346 e. The Morgan fingerprint density at radius 1 is 1.42 bits per heavy atom. The molecule has 2 rings (SSSR count). The first-order chi connectivity index (χ1) is 5.79. The zero-order valence-electron chi connectivity index (χ0n) is 6.57. The van der Waals surface area contributed by atoms with Gasteiger partial charge in [-0.25, -0.2) is 9.78 Å². The lowest BCUT2D eigenvalue weighted by atomic mass is 10.1. The molecule has 0 aliphatic heterocycles. The molecule has 1 heterocycles. The first-order valence-electron chi connectivity index (χ1n) is 3.62. The number of hydrogen-bond donors (Lipinski definition) is 0. The van der Waals surface area contributed by atoms with Gasteiger partial charge in [0.05, 0.1) is 10.9 Å². The van der Waals surface area contributed by atoms with Gasteiger partial charge >= 0.3 is 5.63 Å². The quantitative estimate of drug-likeness (QED) is 0.588. The maximum Gasteiger partial charge on any atom is 0.346 e. The molecular weight excluding hydrogens is 154 g/mol. The Balaban J connectivity index is 3.07. The zero-order chi connectivity index (χ0) is 8.55. The molecule has 0 saturated heterocycles. The third-order valence-electron chi connectivity index (χ3n) is 1.81. The Hall–Kier alpha value is -1.64. The van der Waals surface area contributed by atoms with Crippen LogP contribution in [0.2, 0.25) is 0 Å². The van der Waals surface area contributed by atoms with Gasteiger partial charge in [-0.2, -0.15) is 0 Å². The summed E-state index contributed by atoms with van der Waals surface area (Å²) in [7, 11) is 0. The van der Waals surface area contributed by atoms with E-state index in [1.54, 1.807) is 6.07 Å². The number of aromatic nitrogens is 1. The van der Waals surface area contributed by atoms with Crippen molar-refractivity contribution in [1.29, 1.82) is 0 Å². The lowest BCUT2D eigenvalue weighted by Crippen LogP contribution is -2.01. The molecule has 0 aliphatic carbocycles. The molecule has 0 bridgehead atoms. The van der Waals surface area contributed by atoms with Crippen molar-refractivity contribution in [2.75, 3.05) is 0 Å². The van der Waals surface area contributed by atoms with Gasteiger partial charge < -0.3 is 4.42 Å². The van der Waals surface area contributed by atoms with Gasteiger partial charge in [-0.15, -0.1) is 0 Å². The van der Waals surface area contributed by atoms with Gasteiger partial charge in [-0.05, 0) is 18.6 Å². The largest absolute Gasteiger partial charge is 0.411 e. The summed E-state index contributed by atoms with van der Waals surface area (Å²) in [5.41, 5.74) is 1.26. The molecule has 0 saturated carbocycles. The first kappa shape index (κ1) is 7.03. The minimum absolute atomic E-state index is 0.321. The third-order valence-corrected chi connectivity index (χ3v) is 1.81. The van der Waals surface area contributed by atoms with Gasteiger partial charge in [0, 0.05) is 0 Å². The molecule has 1 aromatic carbocycles. The normalized spacial score (nSPS) is 10.4. The minimum atomic E-state index is -0.321. The molecule has 0 spiro atoms. The molecule has 0 amide bonds. The average Bonchev–Trinajstić information content (AvgIpc) is 2.04. The van der Waals surface area contributed by atoms with Crippen molar-refractivity contribution in [1.82, 2.24) is 4.98 Å². The molecule has 1 aromatic heterocycles. The molecule has 12 heavy (non-hydrogen) atoms. The summed E-state index contributed by atoms with van der Waals surface area (Å²) in [6, 6.07) is 5.52. The maximum atomic E-state index is 11.2. The summed E-state index contributed by atoms with van der Waals surface area (Å²) in [5, 5.41) is 0.569. The third kappa shape index (κ3) is 0.906. The molecule has 0 unspecified atom stereocenters. The van der Waals surface area contributed by atoms with Crippen LogP contribution < -0.4 is 5.63 Å². The van der Waals surface area contributed by atoms with E-state index < -0.39 is 0 Å². The highest BCUT2D eigenvalue weighted by Crippen LogP contribution is 2.10. The highest BCUT2D eigenvalue weighted by atomic mass is 16.4. The molecule has 3 heteroatoms. The van der Waals surface area contributed by atoms with Gasteiger partial charge in [0.1, 0.15) is 0 Å². The maximum absolute atomic E-state index is 11.2. The van der Waals surface area contributed by atoms with E-state index in [9.17, 15) is 4.79 Å². The molecular formula is C9H7NO2. The van der Waals surface area contributed by atoms with Crippen LogP contribution in [0.3, 0.4) is 0 Å². The molecule has 0 N–H and O–H groups in total. The highest BCUT2D eigenvalue weighted by Gasteiger charge is 2.01. The van der Waals surface area contributed by atoms with Crippen LogP contribution in [0, 0.1) is 6.92 Å². The second-order valence-electron chi connectivity index (χ2n) is 2.61. The number of nitrogens with zero attached hydrogens (tertiary/aromatic N) is 1. The first-order valence-corrected chi connectivity index (χ1v) is 3.62. The van der Waals surface area contributed by atoms with Gasteiger partial charge in [0.2, 0.25) is 0 Å². The molecule has 0 aliphatic rings. The van der Waals surface area contributed by atoms with E-state index in [1.807, 2.05) is 19.1 Å². The van der Waals surface area contributed by atoms with Crippen LogP contribution >= 0.6 is 0 Å². The van der Waals surface area contributed by atoms with E-state index in [2.05, 4.69) is 9.40 Å². The van der Waals surface area contributed by atoms with Crippen LogP contribution in [0.15, 0.2) is 33.8 Å². The molecule has 2 aromatic rings. The predicted octanol–water partition coefficient (Wildman–Crippen LogP) is 1.50. The Bertz CT molecular complexity index is 468. The zero-order valence-corrected chi connectivity index (χ0v) is 6.57. The van der Waals surface area contributed by atoms with Gasteiger partial charge in [0.15, 0.2) is 6.39 Å². The van der Waals surface area contributed by atoms with Crippen LogP contribution in [-0.2, 0) is 0 Å². The fraction of sp³-hybridized carbons (Fsp3) is 0.111. The topological polar surface area (TPSA) is 43.1 Å². The second kappa shape index (κ2) is 2.44. The van der Waals surface area contributed by atoms with E-state index >= 15 is 0 Å². The molecule has 0 fully saturated rings. The Morgan fingerprint density at radius 3 is 3.00 bits per heavy atom. The number of benzene rings is 1. The monoisotopic (exact) mass is 161 g/mol. The summed E-state index contributed by atoms with van der Waals surface area (Å²) in [4.78, 5) is 15.1. The predicted molar refractivity (Wildman–Crippen MR) is 45.0 cm³/mol. The van der Waals surface area contributed by atoms with Crippen molar-refractivity contribution >= 4 is 10.9 Å². The van der Waals surface area contributed by atoms with E-state index in [1.165, 1.54) is 6.39 Å². The van der Waals surface area contributed by atoms with Crippen LogP contribution in [-0.4, -0.2) is 4.98 Å². The molecule has 0 atom stereocenters. The number of fused-ring (bicyclic) bond motifs is 1. The minimum Gasteiger partial charge on any atom is -0.411 e. The summed E-state index contributed by atoms with van der Waals surface area (Å²) >= 11 is 0. The number of rotatable bonds is 0. The Morgan fingerprint density at radius 2 is 2.25 bits per heavy atom. The van der Waals surface area contributed by atoms with E-state index in [-0.39, 0.29) is 5.63 Å². The lowest BCUT2D eigenvalue weighted by Gasteiger charge is -1.96. The standard InChI is InChI=1S/C9H7NO2/c1-6-3-2-4-7-8(6)9(11)12-5-10-7/h2-5H,1H3. The van der Waals surface area contributed by atoms with Crippen molar-refractivity contribution < 1.29 is 4.42 Å². The molecule has 0 radical (unpaired) electrons. The van der Waals surface area contributed by atoms with E-state index in [0.717, 1.165) is 5.56 Å². The number of hydrogen-bond acceptors (Lipinski definition) is 3. The number of aryl methyl sites for hydroxylation is 1. The Labute approximate surface area is 68.7 Å². The fourth-order valence-electron chi connectivity index (χ4n) is 1.22. The fourth-order valence-corrected chi connectivity index (χ4v) is 1.22. The summed E-state index contributed by atoms with van der Waals surface area (Å²) in [6.07, 6.45) is 1.17. The second-order valence-corrected chi connectivity index (χ2v) is 2.61. The van der Waals surface area contributed by atoms with Crippen LogP contribution in [0.1, 0.15) is 5.56 Å². The van der Waals surface area contributed by atoms with E-state index in [4.69, 9.17) is 0 Å². The van der Waals surface area contributed by atoms with Crippen LogP contribution in [0.4, 0.5) is 0 Å². The van der Waals surface area contributed by atoms with Crippen molar-refractivity contribution in [2.45, 2.75) is 6.92 Å². The summed E-state index contributed by atoms with van der Waals surface area (Å²) < 4.78 is 4.65. The molecule has 60 valence electrons. The van der Waals surface area contributed by atoms with E-state index in [0.29, 0.717) is 10.9 Å². The SMILES string of the molecule is Cc1cccc2ncoc(=O)c12. The van der Waals surface area contributed by atoms with Crippen LogP contribution in [0.25, 0.3) is 10.9 Å². The highest BCUT2D eigenvalue weighted by molar-refractivity contribution is 5.80. The summed E-state index contributed by atoms with van der Waals surface area (Å²) in [5.74, 6) is 0. The average molecular weight is 161 g/mol. The van der Waals surface area contributed by atoms with Gasteiger partial charge in [0.25, 0.3) is 0 Å².